The molecular formula is C18H16O5. The zero-order chi connectivity index (χ0) is 16.2. The Kier molecular flexibility index (Phi) is 4.28. The van der Waals surface area contributed by atoms with E-state index in [2.05, 4.69) is 0 Å². The normalized spacial score (nSPS) is 20.1. The highest BCUT2D eigenvalue weighted by atomic mass is 16.6. The van der Waals surface area contributed by atoms with Crippen LogP contribution in [0, 0.1) is 5.92 Å². The number of cyclic esters (lactones) is 1. The number of carboxylic acids is 1. The predicted octanol–water partition coefficient (Wildman–Crippen LogP) is 2.95. The van der Waals surface area contributed by atoms with Crippen molar-refractivity contribution in [3.05, 3.63) is 65.7 Å². The summed E-state index contributed by atoms with van der Waals surface area (Å²) in [4.78, 5) is 22.6. The average Bonchev–Trinajstić information content (AvgIpc) is 2.97. The van der Waals surface area contributed by atoms with Crippen LogP contribution in [0.2, 0.25) is 0 Å². The van der Waals surface area contributed by atoms with Crippen molar-refractivity contribution < 1.29 is 24.2 Å². The third kappa shape index (κ3) is 3.51. The second-order valence-electron chi connectivity index (χ2n) is 5.40. The molecule has 2 atom stereocenters. The number of aliphatic carboxylic acids is 1. The molecule has 2 aromatic carbocycles. The molecule has 2 aromatic rings. The van der Waals surface area contributed by atoms with E-state index in [4.69, 9.17) is 9.47 Å². The van der Waals surface area contributed by atoms with Crippen LogP contribution in [0.4, 0.5) is 0 Å². The number of benzene rings is 2. The summed E-state index contributed by atoms with van der Waals surface area (Å²) in [5.74, 6) is -1.66. The number of rotatable bonds is 5. The van der Waals surface area contributed by atoms with Gasteiger partial charge < -0.3 is 14.6 Å². The van der Waals surface area contributed by atoms with Crippen LogP contribution in [0.5, 0.6) is 5.75 Å². The second-order valence-corrected chi connectivity index (χ2v) is 5.40. The number of hydrogen-bond acceptors (Lipinski definition) is 4. The summed E-state index contributed by atoms with van der Waals surface area (Å²) < 4.78 is 10.8. The molecule has 23 heavy (non-hydrogen) atoms. The maximum atomic E-state index is 11.4. The Morgan fingerprint density at radius 1 is 1.13 bits per heavy atom. The maximum absolute atomic E-state index is 11.4. The standard InChI is InChI=1S/C18H16O5/c19-16-10-15(18(20)21)17(23-16)13-6-8-14(9-7-13)22-11-12-4-2-1-3-5-12/h1-9,15,17H,10-11H2,(H,20,21). The minimum atomic E-state index is -1.02. The van der Waals surface area contributed by atoms with Gasteiger partial charge in [0, 0.05) is 0 Å². The summed E-state index contributed by atoms with van der Waals surface area (Å²) in [7, 11) is 0. The van der Waals surface area contributed by atoms with Gasteiger partial charge in [0.1, 0.15) is 24.4 Å². The van der Waals surface area contributed by atoms with E-state index in [9.17, 15) is 14.7 Å². The fourth-order valence-corrected chi connectivity index (χ4v) is 2.57. The Labute approximate surface area is 133 Å². The first kappa shape index (κ1) is 15.1. The molecule has 1 saturated heterocycles. The maximum Gasteiger partial charge on any atom is 0.311 e. The number of carbonyl (C=O) groups excluding carboxylic acids is 1. The summed E-state index contributed by atoms with van der Waals surface area (Å²) in [5, 5.41) is 9.17. The van der Waals surface area contributed by atoms with Gasteiger partial charge >= 0.3 is 11.9 Å². The Bertz CT molecular complexity index is 693. The molecule has 0 aliphatic carbocycles. The van der Waals surface area contributed by atoms with Gasteiger partial charge in [-0.15, -0.1) is 0 Å². The second kappa shape index (κ2) is 6.52. The number of carbonyl (C=O) groups is 2. The van der Waals surface area contributed by atoms with Gasteiger partial charge in [-0.1, -0.05) is 42.5 Å². The number of carboxylic acid groups (broad SMARTS) is 1. The van der Waals surface area contributed by atoms with Crippen molar-refractivity contribution in [1.82, 2.24) is 0 Å². The molecule has 0 amide bonds. The minimum absolute atomic E-state index is 0.0910. The van der Waals surface area contributed by atoms with Crippen molar-refractivity contribution in [1.29, 1.82) is 0 Å². The van der Waals surface area contributed by atoms with E-state index in [1.54, 1.807) is 24.3 Å². The zero-order valence-corrected chi connectivity index (χ0v) is 12.3. The quantitative estimate of drug-likeness (QED) is 0.859. The van der Waals surface area contributed by atoms with Crippen molar-refractivity contribution in [2.75, 3.05) is 0 Å². The predicted molar refractivity (Wildman–Crippen MR) is 81.8 cm³/mol. The number of ether oxygens (including phenoxy) is 2. The monoisotopic (exact) mass is 312 g/mol. The van der Waals surface area contributed by atoms with E-state index in [1.165, 1.54) is 0 Å². The van der Waals surface area contributed by atoms with Crippen LogP contribution in [0.15, 0.2) is 54.6 Å². The first-order valence-corrected chi connectivity index (χ1v) is 7.32. The van der Waals surface area contributed by atoms with Gasteiger partial charge in [0.2, 0.25) is 0 Å². The molecule has 5 heteroatoms. The average molecular weight is 312 g/mol. The minimum Gasteiger partial charge on any atom is -0.489 e. The van der Waals surface area contributed by atoms with Gasteiger partial charge in [-0.25, -0.2) is 0 Å². The van der Waals surface area contributed by atoms with Gasteiger partial charge in [-0.05, 0) is 23.3 Å². The molecular weight excluding hydrogens is 296 g/mol. The van der Waals surface area contributed by atoms with Crippen LogP contribution in [-0.4, -0.2) is 17.0 Å². The molecule has 1 N–H and O–H groups in total. The van der Waals surface area contributed by atoms with Crippen LogP contribution >= 0.6 is 0 Å². The largest absolute Gasteiger partial charge is 0.489 e. The molecule has 2 unspecified atom stereocenters. The van der Waals surface area contributed by atoms with Crippen molar-refractivity contribution in [3.8, 4) is 5.75 Å². The van der Waals surface area contributed by atoms with E-state index in [-0.39, 0.29) is 6.42 Å². The van der Waals surface area contributed by atoms with Crippen molar-refractivity contribution in [3.63, 3.8) is 0 Å². The van der Waals surface area contributed by atoms with Crippen molar-refractivity contribution in [2.24, 2.45) is 5.92 Å². The first-order valence-electron chi connectivity index (χ1n) is 7.32. The van der Waals surface area contributed by atoms with E-state index in [0.29, 0.717) is 17.9 Å². The third-order valence-electron chi connectivity index (χ3n) is 3.78. The molecule has 0 saturated carbocycles. The lowest BCUT2D eigenvalue weighted by Crippen LogP contribution is -2.17. The molecule has 1 fully saturated rings. The van der Waals surface area contributed by atoms with Crippen molar-refractivity contribution in [2.45, 2.75) is 19.1 Å². The molecule has 5 nitrogen and oxygen atoms in total. The summed E-state index contributed by atoms with van der Waals surface area (Å²) in [6, 6.07) is 16.8. The van der Waals surface area contributed by atoms with Gasteiger partial charge in [0.15, 0.2) is 0 Å². The van der Waals surface area contributed by atoms with Crippen LogP contribution in [0.25, 0.3) is 0 Å². The van der Waals surface area contributed by atoms with E-state index in [0.717, 1.165) is 5.56 Å². The summed E-state index contributed by atoms with van der Waals surface area (Å²) in [6.07, 6.45) is -0.824. The van der Waals surface area contributed by atoms with Gasteiger partial charge in [-0.3, -0.25) is 9.59 Å². The lowest BCUT2D eigenvalue weighted by Gasteiger charge is -2.15. The molecule has 118 valence electrons. The van der Waals surface area contributed by atoms with Gasteiger partial charge in [-0.2, -0.15) is 0 Å². The topological polar surface area (TPSA) is 72.8 Å². The van der Waals surface area contributed by atoms with Crippen LogP contribution in [-0.2, 0) is 20.9 Å². The zero-order valence-electron chi connectivity index (χ0n) is 12.3. The molecule has 0 bridgehead atoms. The first-order chi connectivity index (χ1) is 11.1. The Hall–Kier alpha value is -2.82. The van der Waals surface area contributed by atoms with E-state index >= 15 is 0 Å². The fraction of sp³-hybridized carbons (Fsp3) is 0.222. The Morgan fingerprint density at radius 3 is 2.48 bits per heavy atom. The summed E-state index contributed by atoms with van der Waals surface area (Å²) in [5.41, 5.74) is 1.72. The SMILES string of the molecule is O=C1CC(C(=O)O)C(c2ccc(OCc3ccccc3)cc2)O1. The molecule has 1 heterocycles. The third-order valence-corrected chi connectivity index (χ3v) is 3.78. The van der Waals surface area contributed by atoms with Gasteiger partial charge in [0.25, 0.3) is 0 Å². The van der Waals surface area contributed by atoms with E-state index in [1.807, 2.05) is 30.3 Å². The highest BCUT2D eigenvalue weighted by molar-refractivity contribution is 5.82. The smallest absolute Gasteiger partial charge is 0.311 e. The van der Waals surface area contributed by atoms with Gasteiger partial charge in [0.05, 0.1) is 6.42 Å². The summed E-state index contributed by atoms with van der Waals surface area (Å²) >= 11 is 0. The molecule has 1 aliphatic heterocycles. The summed E-state index contributed by atoms with van der Waals surface area (Å²) in [6.45, 7) is 0.455. The molecule has 1 aliphatic rings. The molecule has 3 rings (SSSR count). The van der Waals surface area contributed by atoms with E-state index < -0.39 is 24.0 Å². The number of esters is 1. The highest BCUT2D eigenvalue weighted by Gasteiger charge is 2.40. The molecule has 0 spiro atoms. The highest BCUT2D eigenvalue weighted by Crippen LogP contribution is 2.36. The Morgan fingerprint density at radius 2 is 1.83 bits per heavy atom. The fourth-order valence-electron chi connectivity index (χ4n) is 2.57. The van der Waals surface area contributed by atoms with Crippen LogP contribution in [0.3, 0.4) is 0 Å². The lowest BCUT2D eigenvalue weighted by atomic mass is 9.95. The van der Waals surface area contributed by atoms with Crippen LogP contribution in [0.1, 0.15) is 23.7 Å². The lowest BCUT2D eigenvalue weighted by molar-refractivity contribution is -0.144. The molecule has 0 aromatic heterocycles. The Balaban J connectivity index is 1.67. The van der Waals surface area contributed by atoms with Crippen LogP contribution < -0.4 is 4.74 Å². The number of hydrogen-bond donors (Lipinski definition) is 1. The van der Waals surface area contributed by atoms with Crippen molar-refractivity contribution >= 4 is 11.9 Å². The molecule has 0 radical (unpaired) electrons.